The monoisotopic (exact) mass is 563 g/mol. The van der Waals surface area contributed by atoms with Crippen LogP contribution in [0.2, 0.25) is 0 Å². The Morgan fingerprint density at radius 1 is 0.881 bits per heavy atom. The third-order valence-corrected chi connectivity index (χ3v) is 8.17. The lowest BCUT2D eigenvalue weighted by Crippen LogP contribution is -2.52. The second kappa shape index (κ2) is 11.2. The van der Waals surface area contributed by atoms with Gasteiger partial charge in [-0.15, -0.1) is 0 Å². The van der Waals surface area contributed by atoms with Crippen LogP contribution in [0.15, 0.2) is 103 Å². The van der Waals surface area contributed by atoms with E-state index in [-0.39, 0.29) is 30.6 Å². The van der Waals surface area contributed by atoms with Crippen molar-refractivity contribution in [3.05, 3.63) is 130 Å². The van der Waals surface area contributed by atoms with Crippen molar-refractivity contribution in [1.82, 2.24) is 9.80 Å². The molecular weight excluding hydrogens is 534 g/mol. The van der Waals surface area contributed by atoms with E-state index in [1.54, 1.807) is 48.6 Å². The number of nitrogens with zero attached hydrogens (tertiary/aromatic N) is 3. The SMILES string of the molecule is COc1ccccc1[C@@H](O)C1C=C[C@H]2C(=O)N(Cc3cccc4ccccc34)C(=O)[C@H]2N1Cc1ccc([N+](=O)[O-])cc1. The first-order valence-corrected chi connectivity index (χ1v) is 13.7. The van der Waals surface area contributed by atoms with Crippen LogP contribution in [0, 0.1) is 16.0 Å². The van der Waals surface area contributed by atoms with Gasteiger partial charge in [0.1, 0.15) is 17.9 Å². The predicted octanol–water partition coefficient (Wildman–Crippen LogP) is 4.78. The first kappa shape index (κ1) is 27.3. The molecule has 1 N–H and O–H groups in total. The Morgan fingerprint density at radius 2 is 1.60 bits per heavy atom. The van der Waals surface area contributed by atoms with Crippen LogP contribution < -0.4 is 4.74 Å². The minimum Gasteiger partial charge on any atom is -0.496 e. The van der Waals surface area contributed by atoms with E-state index in [4.69, 9.17) is 4.74 Å². The molecule has 0 aliphatic carbocycles. The molecule has 2 amide bonds. The Balaban J connectivity index is 1.37. The van der Waals surface area contributed by atoms with Crippen molar-refractivity contribution in [2.45, 2.75) is 31.3 Å². The molecule has 0 spiro atoms. The molecule has 1 saturated heterocycles. The smallest absolute Gasteiger partial charge is 0.269 e. The molecule has 1 fully saturated rings. The van der Waals surface area contributed by atoms with E-state index in [0.29, 0.717) is 16.9 Å². The highest BCUT2D eigenvalue weighted by Crippen LogP contribution is 2.39. The molecule has 6 rings (SSSR count). The van der Waals surface area contributed by atoms with Crippen molar-refractivity contribution in [2.24, 2.45) is 5.92 Å². The summed E-state index contributed by atoms with van der Waals surface area (Å²) < 4.78 is 5.49. The van der Waals surface area contributed by atoms with Crippen molar-refractivity contribution in [3.8, 4) is 5.75 Å². The van der Waals surface area contributed by atoms with E-state index >= 15 is 0 Å². The second-order valence-electron chi connectivity index (χ2n) is 10.5. The summed E-state index contributed by atoms with van der Waals surface area (Å²) in [7, 11) is 1.53. The highest BCUT2D eigenvalue weighted by molar-refractivity contribution is 6.08. The van der Waals surface area contributed by atoms with Gasteiger partial charge in [-0.2, -0.15) is 0 Å². The molecule has 9 heteroatoms. The number of imide groups is 1. The van der Waals surface area contributed by atoms with Crippen LogP contribution in [-0.4, -0.2) is 50.8 Å². The van der Waals surface area contributed by atoms with Crippen LogP contribution in [0.3, 0.4) is 0 Å². The molecule has 4 atom stereocenters. The number of fused-ring (bicyclic) bond motifs is 2. The summed E-state index contributed by atoms with van der Waals surface area (Å²) in [5.74, 6) is -0.872. The number of carbonyl (C=O) groups excluding carboxylic acids is 2. The molecule has 0 bridgehead atoms. The maximum atomic E-state index is 14.1. The highest BCUT2D eigenvalue weighted by Gasteiger charge is 2.53. The first-order valence-electron chi connectivity index (χ1n) is 13.7. The third kappa shape index (κ3) is 4.82. The average Bonchev–Trinajstić information content (AvgIpc) is 3.26. The van der Waals surface area contributed by atoms with Gasteiger partial charge in [0.2, 0.25) is 11.8 Å². The zero-order valence-corrected chi connectivity index (χ0v) is 22.9. The number of carbonyl (C=O) groups is 2. The maximum absolute atomic E-state index is 14.1. The second-order valence-corrected chi connectivity index (χ2v) is 10.5. The topological polar surface area (TPSA) is 113 Å². The van der Waals surface area contributed by atoms with Crippen LogP contribution in [0.4, 0.5) is 5.69 Å². The number of amides is 2. The van der Waals surface area contributed by atoms with E-state index in [9.17, 15) is 24.8 Å². The quantitative estimate of drug-likeness (QED) is 0.142. The Hall–Kier alpha value is -4.86. The fourth-order valence-corrected chi connectivity index (χ4v) is 6.08. The van der Waals surface area contributed by atoms with Gasteiger partial charge in [-0.3, -0.25) is 29.5 Å². The van der Waals surface area contributed by atoms with Crippen LogP contribution in [-0.2, 0) is 22.7 Å². The van der Waals surface area contributed by atoms with Gasteiger partial charge >= 0.3 is 0 Å². The predicted molar refractivity (Wildman–Crippen MR) is 156 cm³/mol. The molecule has 2 aliphatic heterocycles. The number of rotatable bonds is 8. The zero-order chi connectivity index (χ0) is 29.4. The molecule has 9 nitrogen and oxygen atoms in total. The highest BCUT2D eigenvalue weighted by atomic mass is 16.6. The lowest BCUT2D eigenvalue weighted by atomic mass is 9.88. The molecule has 0 saturated carbocycles. The minimum atomic E-state index is -1.08. The number of para-hydroxylation sites is 1. The summed E-state index contributed by atoms with van der Waals surface area (Å²) in [5.41, 5.74) is 2.07. The Kier molecular flexibility index (Phi) is 7.28. The number of hydrogen-bond acceptors (Lipinski definition) is 7. The van der Waals surface area contributed by atoms with E-state index in [1.165, 1.54) is 24.1 Å². The first-order chi connectivity index (χ1) is 20.4. The summed E-state index contributed by atoms with van der Waals surface area (Å²) >= 11 is 0. The molecular formula is C33H29N3O6. The Morgan fingerprint density at radius 3 is 2.36 bits per heavy atom. The Bertz CT molecular complexity index is 1700. The largest absolute Gasteiger partial charge is 0.496 e. The van der Waals surface area contributed by atoms with Gasteiger partial charge < -0.3 is 9.84 Å². The van der Waals surface area contributed by atoms with Crippen LogP contribution in [0.5, 0.6) is 5.75 Å². The molecule has 212 valence electrons. The summed E-state index contributed by atoms with van der Waals surface area (Å²) in [4.78, 5) is 41.7. The lowest BCUT2D eigenvalue weighted by molar-refractivity contribution is -0.384. The standard InChI is InChI=1S/C33H29N3O6/c1-42-29-12-5-4-11-26(29)31(37)28-18-17-27-30(34(28)19-21-13-15-24(16-14-21)36(40)41)33(39)35(32(27)38)20-23-9-6-8-22-7-2-3-10-25(22)23/h2-18,27-28,30-31,37H,19-20H2,1H3/t27-,28?,30+,31-/m1/s1. The summed E-state index contributed by atoms with van der Waals surface area (Å²) in [6, 6.07) is 25.3. The average molecular weight is 564 g/mol. The van der Waals surface area contributed by atoms with Gasteiger partial charge in [-0.1, -0.05) is 84.9 Å². The van der Waals surface area contributed by atoms with Gasteiger partial charge in [0.15, 0.2) is 0 Å². The maximum Gasteiger partial charge on any atom is 0.269 e. The fraction of sp³-hybridized carbons (Fsp3) is 0.212. The molecule has 0 aromatic heterocycles. The molecule has 4 aromatic rings. The fourth-order valence-electron chi connectivity index (χ4n) is 6.08. The summed E-state index contributed by atoms with van der Waals surface area (Å²) in [6.45, 7) is 0.312. The van der Waals surface area contributed by atoms with Crippen molar-refractivity contribution in [2.75, 3.05) is 7.11 Å². The van der Waals surface area contributed by atoms with Crippen molar-refractivity contribution < 1.29 is 24.4 Å². The number of aliphatic hydroxyl groups excluding tert-OH is 1. The number of methoxy groups -OCH3 is 1. The van der Waals surface area contributed by atoms with Crippen molar-refractivity contribution >= 4 is 28.3 Å². The van der Waals surface area contributed by atoms with E-state index < -0.39 is 29.0 Å². The van der Waals surface area contributed by atoms with Gasteiger partial charge in [0, 0.05) is 24.2 Å². The zero-order valence-electron chi connectivity index (χ0n) is 22.9. The van der Waals surface area contributed by atoms with Gasteiger partial charge in [-0.25, -0.2) is 0 Å². The van der Waals surface area contributed by atoms with Crippen molar-refractivity contribution in [1.29, 1.82) is 0 Å². The van der Waals surface area contributed by atoms with Gasteiger partial charge in [0.25, 0.3) is 5.69 Å². The third-order valence-electron chi connectivity index (χ3n) is 8.17. The van der Waals surface area contributed by atoms with Gasteiger partial charge in [0.05, 0.1) is 30.5 Å². The van der Waals surface area contributed by atoms with Crippen LogP contribution in [0.25, 0.3) is 10.8 Å². The number of likely N-dealkylation sites (tertiary alicyclic amines) is 1. The minimum absolute atomic E-state index is 0.0471. The van der Waals surface area contributed by atoms with E-state index in [1.807, 2.05) is 47.4 Å². The van der Waals surface area contributed by atoms with Crippen molar-refractivity contribution in [3.63, 3.8) is 0 Å². The molecule has 2 heterocycles. The number of aliphatic hydroxyl groups is 1. The van der Waals surface area contributed by atoms with E-state index in [2.05, 4.69) is 0 Å². The number of hydrogen-bond donors (Lipinski definition) is 1. The molecule has 2 aliphatic rings. The normalized spacial score (nSPS) is 21.0. The molecule has 4 aromatic carbocycles. The van der Waals surface area contributed by atoms with Crippen LogP contribution in [0.1, 0.15) is 22.8 Å². The lowest BCUT2D eigenvalue weighted by Gasteiger charge is -2.40. The molecule has 0 radical (unpaired) electrons. The van der Waals surface area contributed by atoms with E-state index in [0.717, 1.165) is 16.3 Å². The number of non-ortho nitro benzene ring substituents is 1. The molecule has 1 unspecified atom stereocenters. The number of ether oxygens (including phenoxy) is 1. The number of benzene rings is 4. The molecule has 42 heavy (non-hydrogen) atoms. The van der Waals surface area contributed by atoms with Crippen LogP contribution >= 0.6 is 0 Å². The summed E-state index contributed by atoms with van der Waals surface area (Å²) in [5, 5.41) is 24.8. The number of nitro benzene ring substituents is 1. The summed E-state index contributed by atoms with van der Waals surface area (Å²) in [6.07, 6.45) is 2.42. The van der Waals surface area contributed by atoms with Gasteiger partial charge in [-0.05, 0) is 28.0 Å². The Labute approximate surface area is 242 Å². The number of nitro groups is 1.